The van der Waals surface area contributed by atoms with Crippen molar-refractivity contribution in [3.05, 3.63) is 35.4 Å². The summed E-state index contributed by atoms with van der Waals surface area (Å²) in [5.41, 5.74) is 7.95. The molecular formula is C13H16N2O3. The number of fused-ring (bicyclic) bond motifs is 1. The molecule has 0 bridgehead atoms. The average molecular weight is 248 g/mol. The number of hydrogen-bond donors (Lipinski definition) is 2. The molecule has 0 saturated heterocycles. The molecule has 0 aromatic heterocycles. The van der Waals surface area contributed by atoms with E-state index in [4.69, 9.17) is 10.8 Å². The summed E-state index contributed by atoms with van der Waals surface area (Å²) in [5, 5.41) is 8.64. The fourth-order valence-corrected chi connectivity index (χ4v) is 2.19. The van der Waals surface area contributed by atoms with Crippen molar-refractivity contribution in [2.45, 2.75) is 25.4 Å². The summed E-state index contributed by atoms with van der Waals surface area (Å²) >= 11 is 0. The molecule has 1 aromatic carbocycles. The molecule has 0 fully saturated rings. The Morgan fingerprint density at radius 3 is 2.67 bits per heavy atom. The highest BCUT2D eigenvalue weighted by molar-refractivity contribution is 5.86. The lowest BCUT2D eigenvalue weighted by molar-refractivity contribution is -0.142. The Morgan fingerprint density at radius 1 is 1.33 bits per heavy atom. The summed E-state index contributed by atoms with van der Waals surface area (Å²) in [6, 6.07) is 7.00. The van der Waals surface area contributed by atoms with E-state index in [1.54, 1.807) is 4.90 Å². The number of amides is 1. The van der Waals surface area contributed by atoms with E-state index in [-0.39, 0.29) is 12.3 Å². The van der Waals surface area contributed by atoms with Crippen LogP contribution in [0.1, 0.15) is 17.5 Å². The minimum absolute atomic E-state index is 0.285. The highest BCUT2D eigenvalue weighted by Gasteiger charge is 2.26. The number of nitrogens with zero attached hydrogens (tertiary/aromatic N) is 1. The lowest BCUT2D eigenvalue weighted by Gasteiger charge is -2.30. The van der Waals surface area contributed by atoms with Crippen molar-refractivity contribution < 1.29 is 14.7 Å². The van der Waals surface area contributed by atoms with Crippen LogP contribution in [0.15, 0.2) is 24.3 Å². The molecule has 18 heavy (non-hydrogen) atoms. The summed E-state index contributed by atoms with van der Waals surface area (Å²) in [5.74, 6) is -1.33. The van der Waals surface area contributed by atoms with Gasteiger partial charge in [-0.25, -0.2) is 0 Å². The fourth-order valence-electron chi connectivity index (χ4n) is 2.19. The van der Waals surface area contributed by atoms with E-state index in [1.807, 2.05) is 24.3 Å². The van der Waals surface area contributed by atoms with E-state index in [9.17, 15) is 9.59 Å². The third kappa shape index (κ3) is 2.68. The SMILES string of the molecule is NC(CC(=O)O)C(=O)N1CCc2ccccc2C1. The van der Waals surface area contributed by atoms with Crippen molar-refractivity contribution >= 4 is 11.9 Å². The zero-order valence-electron chi connectivity index (χ0n) is 10.0. The van der Waals surface area contributed by atoms with Crippen LogP contribution in [0.3, 0.4) is 0 Å². The van der Waals surface area contributed by atoms with Gasteiger partial charge >= 0.3 is 5.97 Å². The van der Waals surface area contributed by atoms with Gasteiger partial charge in [-0.05, 0) is 17.5 Å². The first kappa shape index (κ1) is 12.6. The van der Waals surface area contributed by atoms with Crippen molar-refractivity contribution in [3.63, 3.8) is 0 Å². The fraction of sp³-hybridized carbons (Fsp3) is 0.385. The molecule has 5 nitrogen and oxygen atoms in total. The van der Waals surface area contributed by atoms with Gasteiger partial charge in [-0.3, -0.25) is 9.59 Å². The van der Waals surface area contributed by atoms with Gasteiger partial charge in [-0.1, -0.05) is 24.3 Å². The van der Waals surface area contributed by atoms with Crippen LogP contribution in [0.4, 0.5) is 0 Å². The Labute approximate surface area is 105 Å². The molecular weight excluding hydrogens is 232 g/mol. The van der Waals surface area contributed by atoms with Crippen molar-refractivity contribution in [1.29, 1.82) is 0 Å². The lowest BCUT2D eigenvalue weighted by Crippen LogP contribution is -2.46. The number of carbonyl (C=O) groups excluding carboxylic acids is 1. The van der Waals surface area contributed by atoms with E-state index in [0.29, 0.717) is 13.1 Å². The maximum Gasteiger partial charge on any atom is 0.305 e. The quantitative estimate of drug-likeness (QED) is 0.809. The zero-order valence-corrected chi connectivity index (χ0v) is 10.0. The van der Waals surface area contributed by atoms with Gasteiger partial charge in [0.25, 0.3) is 0 Å². The molecule has 3 N–H and O–H groups in total. The van der Waals surface area contributed by atoms with Gasteiger partial charge in [0.05, 0.1) is 12.5 Å². The van der Waals surface area contributed by atoms with Crippen LogP contribution in [0.25, 0.3) is 0 Å². The van der Waals surface area contributed by atoms with E-state index < -0.39 is 12.0 Å². The van der Waals surface area contributed by atoms with Gasteiger partial charge in [0.15, 0.2) is 0 Å². The van der Waals surface area contributed by atoms with Gasteiger partial charge in [-0.2, -0.15) is 0 Å². The average Bonchev–Trinajstić information content (AvgIpc) is 2.36. The van der Waals surface area contributed by atoms with Crippen LogP contribution >= 0.6 is 0 Å². The third-order valence-electron chi connectivity index (χ3n) is 3.15. The van der Waals surface area contributed by atoms with Crippen molar-refractivity contribution in [1.82, 2.24) is 4.90 Å². The number of carboxylic acid groups (broad SMARTS) is 1. The molecule has 0 saturated carbocycles. The number of benzene rings is 1. The van der Waals surface area contributed by atoms with Crippen LogP contribution in [-0.4, -0.2) is 34.5 Å². The minimum Gasteiger partial charge on any atom is -0.481 e. The number of nitrogens with two attached hydrogens (primary N) is 1. The van der Waals surface area contributed by atoms with Crippen LogP contribution in [0.5, 0.6) is 0 Å². The first-order valence-corrected chi connectivity index (χ1v) is 5.91. The highest BCUT2D eigenvalue weighted by atomic mass is 16.4. The van der Waals surface area contributed by atoms with E-state index >= 15 is 0 Å². The molecule has 1 aliphatic heterocycles. The molecule has 1 atom stereocenters. The third-order valence-corrected chi connectivity index (χ3v) is 3.15. The molecule has 0 spiro atoms. The van der Waals surface area contributed by atoms with Gasteiger partial charge < -0.3 is 15.7 Å². The normalized spacial score (nSPS) is 15.9. The monoisotopic (exact) mass is 248 g/mol. The summed E-state index contributed by atoms with van der Waals surface area (Å²) in [6.07, 6.45) is 0.471. The molecule has 0 radical (unpaired) electrons. The molecule has 0 aliphatic carbocycles. The van der Waals surface area contributed by atoms with Crippen molar-refractivity contribution in [2.75, 3.05) is 6.54 Å². The van der Waals surface area contributed by atoms with Crippen molar-refractivity contribution in [3.8, 4) is 0 Å². The standard InChI is InChI=1S/C13H16N2O3/c14-11(7-12(16)17)13(18)15-6-5-9-3-1-2-4-10(9)8-15/h1-4,11H,5-8,14H2,(H,16,17). The lowest BCUT2D eigenvalue weighted by atomic mass is 9.99. The van der Waals surface area contributed by atoms with E-state index in [1.165, 1.54) is 5.56 Å². The van der Waals surface area contributed by atoms with Crippen LogP contribution < -0.4 is 5.73 Å². The Kier molecular flexibility index (Phi) is 3.62. The largest absolute Gasteiger partial charge is 0.481 e. The number of rotatable bonds is 3. The number of carboxylic acids is 1. The molecule has 1 heterocycles. The second kappa shape index (κ2) is 5.18. The molecule has 1 unspecified atom stereocenters. The maximum atomic E-state index is 12.0. The van der Waals surface area contributed by atoms with Crippen LogP contribution in [0.2, 0.25) is 0 Å². The number of aliphatic carboxylic acids is 1. The zero-order chi connectivity index (χ0) is 13.1. The van der Waals surface area contributed by atoms with Crippen molar-refractivity contribution in [2.24, 2.45) is 5.73 Å². The summed E-state index contributed by atoms with van der Waals surface area (Å²) in [7, 11) is 0. The summed E-state index contributed by atoms with van der Waals surface area (Å²) < 4.78 is 0. The Hall–Kier alpha value is -1.88. The van der Waals surface area contributed by atoms with Gasteiger partial charge in [-0.15, -0.1) is 0 Å². The van der Waals surface area contributed by atoms with E-state index in [2.05, 4.69) is 0 Å². The van der Waals surface area contributed by atoms with Gasteiger partial charge in [0, 0.05) is 13.1 Å². The van der Waals surface area contributed by atoms with Gasteiger partial charge in [0.1, 0.15) is 0 Å². The summed E-state index contributed by atoms with van der Waals surface area (Å²) in [4.78, 5) is 24.2. The van der Waals surface area contributed by atoms with Crippen LogP contribution in [0, 0.1) is 0 Å². The molecule has 1 amide bonds. The Bertz CT molecular complexity index is 473. The molecule has 1 aromatic rings. The second-order valence-corrected chi connectivity index (χ2v) is 4.48. The first-order chi connectivity index (χ1) is 8.58. The predicted octanol–water partition coefficient (Wildman–Crippen LogP) is 0.373. The highest BCUT2D eigenvalue weighted by Crippen LogP contribution is 2.19. The maximum absolute atomic E-state index is 12.0. The molecule has 2 rings (SSSR count). The van der Waals surface area contributed by atoms with E-state index in [0.717, 1.165) is 12.0 Å². The molecule has 5 heteroatoms. The van der Waals surface area contributed by atoms with Crippen LogP contribution in [-0.2, 0) is 22.6 Å². The summed E-state index contributed by atoms with van der Waals surface area (Å²) in [6.45, 7) is 1.12. The topological polar surface area (TPSA) is 83.6 Å². The number of carbonyl (C=O) groups is 2. The first-order valence-electron chi connectivity index (χ1n) is 5.91. The Morgan fingerprint density at radius 2 is 2.00 bits per heavy atom. The van der Waals surface area contributed by atoms with Gasteiger partial charge in [0.2, 0.25) is 5.91 Å². The Balaban J connectivity index is 2.04. The molecule has 96 valence electrons. The smallest absolute Gasteiger partial charge is 0.305 e. The predicted molar refractivity (Wildman–Crippen MR) is 65.8 cm³/mol. The second-order valence-electron chi connectivity index (χ2n) is 4.48. The molecule has 1 aliphatic rings. The number of hydrogen-bond acceptors (Lipinski definition) is 3. The minimum atomic E-state index is -1.05.